The molecular weight excluding hydrogens is 752 g/mol. The highest BCUT2D eigenvalue weighted by atomic mass is 19.1. The predicted molar refractivity (Wildman–Crippen MR) is 225 cm³/mol. The molecule has 1 aliphatic heterocycles. The Bertz CT molecular complexity index is 2140. The number of carbonyl (C=O) groups is 1. The van der Waals surface area contributed by atoms with Gasteiger partial charge in [0.1, 0.15) is 36.2 Å². The molecule has 59 heavy (non-hydrogen) atoms. The number of unbranched alkanes of at least 4 members (excludes halogenated alkanes) is 2. The van der Waals surface area contributed by atoms with E-state index >= 15 is 0 Å². The molecule has 2 aliphatic carbocycles. The van der Waals surface area contributed by atoms with Gasteiger partial charge in [-0.3, -0.25) is 4.90 Å². The summed E-state index contributed by atoms with van der Waals surface area (Å²) in [5, 5.41) is 26.6. The van der Waals surface area contributed by atoms with Crippen LogP contribution in [-0.2, 0) is 20.9 Å². The molecular formula is C48H55FN2O8. The van der Waals surface area contributed by atoms with Crippen LogP contribution in [0.4, 0.5) is 9.18 Å². The lowest BCUT2D eigenvalue weighted by atomic mass is 9.55. The molecule has 4 aromatic carbocycles. The quantitative estimate of drug-likeness (QED) is 0.0580. The van der Waals surface area contributed by atoms with Crippen molar-refractivity contribution in [2.24, 2.45) is 22.9 Å². The fourth-order valence-electron chi connectivity index (χ4n) is 9.48. The highest BCUT2D eigenvalue weighted by molar-refractivity contribution is 6.03. The van der Waals surface area contributed by atoms with E-state index in [1.165, 1.54) is 19.2 Å². The number of carbonyl (C=O) groups excluding carboxylic acids is 1. The molecule has 312 valence electrons. The summed E-state index contributed by atoms with van der Waals surface area (Å²) in [5.41, 5.74) is 3.22. The van der Waals surface area contributed by atoms with E-state index in [-0.39, 0.29) is 63.0 Å². The lowest BCUT2D eigenvalue weighted by Gasteiger charge is -2.59. The summed E-state index contributed by atoms with van der Waals surface area (Å²) < 4.78 is 40.8. The summed E-state index contributed by atoms with van der Waals surface area (Å²) in [4.78, 5) is 21.4. The van der Waals surface area contributed by atoms with Gasteiger partial charge in [-0.1, -0.05) is 72.6 Å². The van der Waals surface area contributed by atoms with Crippen LogP contribution in [-0.4, -0.2) is 72.3 Å². The van der Waals surface area contributed by atoms with Crippen LogP contribution < -0.4 is 9.47 Å². The minimum atomic E-state index is -1.47. The molecule has 0 saturated heterocycles. The van der Waals surface area contributed by atoms with Crippen molar-refractivity contribution in [2.75, 3.05) is 33.5 Å². The van der Waals surface area contributed by atoms with Crippen molar-refractivity contribution >= 4 is 22.6 Å². The second-order valence-electron chi connectivity index (χ2n) is 15.5. The average molecular weight is 807 g/mol. The summed E-state index contributed by atoms with van der Waals surface area (Å²) in [7, 11) is 1.51. The van der Waals surface area contributed by atoms with Crippen molar-refractivity contribution in [3.05, 3.63) is 126 Å². The lowest BCUT2D eigenvalue weighted by Crippen LogP contribution is -2.70. The number of halogens is 1. The maximum atomic E-state index is 14.3. The number of aliphatic hydroxyl groups is 2. The number of oxime groups is 1. The topological polar surface area (TPSA) is 119 Å². The number of aliphatic hydroxyl groups excluding tert-OH is 2. The monoisotopic (exact) mass is 806 g/mol. The van der Waals surface area contributed by atoms with Gasteiger partial charge < -0.3 is 34.0 Å². The number of rotatable bonds is 18. The molecule has 1 saturated carbocycles. The molecule has 1 fully saturated rings. The van der Waals surface area contributed by atoms with Crippen molar-refractivity contribution in [1.82, 2.24) is 4.90 Å². The Morgan fingerprint density at radius 1 is 0.966 bits per heavy atom. The Morgan fingerprint density at radius 3 is 2.42 bits per heavy atom. The Hall–Kier alpha value is -5.23. The van der Waals surface area contributed by atoms with Crippen LogP contribution in [0.1, 0.15) is 68.9 Å². The van der Waals surface area contributed by atoms with Gasteiger partial charge in [-0.2, -0.15) is 0 Å². The van der Waals surface area contributed by atoms with Crippen molar-refractivity contribution in [3.8, 4) is 17.2 Å². The molecule has 0 bridgehead atoms. The van der Waals surface area contributed by atoms with E-state index in [0.29, 0.717) is 41.4 Å². The lowest BCUT2D eigenvalue weighted by molar-refractivity contribution is -0.256. The fourth-order valence-corrected chi connectivity index (χ4v) is 9.48. The summed E-state index contributed by atoms with van der Waals surface area (Å²) in [6.45, 7) is 6.27. The first-order valence-corrected chi connectivity index (χ1v) is 20.8. The number of ether oxygens (including phenoxy) is 4. The van der Waals surface area contributed by atoms with E-state index in [4.69, 9.17) is 23.8 Å². The molecule has 1 heterocycles. The van der Waals surface area contributed by atoms with Gasteiger partial charge in [-0.05, 0) is 109 Å². The van der Waals surface area contributed by atoms with E-state index in [1.807, 2.05) is 42.5 Å². The van der Waals surface area contributed by atoms with Crippen LogP contribution >= 0.6 is 0 Å². The van der Waals surface area contributed by atoms with Crippen LogP contribution in [0.2, 0.25) is 0 Å². The van der Waals surface area contributed by atoms with E-state index in [2.05, 4.69) is 36.0 Å². The molecule has 0 aromatic heterocycles. The second-order valence-corrected chi connectivity index (χ2v) is 15.5. The number of nitrogens with zero attached hydrogens (tertiary/aromatic N) is 2. The van der Waals surface area contributed by atoms with Gasteiger partial charge in [-0.25, -0.2) is 9.18 Å². The fraction of sp³-hybridized carbons (Fsp3) is 0.417. The molecule has 0 radical (unpaired) electrons. The highest BCUT2D eigenvalue weighted by Crippen LogP contribution is 2.62. The van der Waals surface area contributed by atoms with Crippen molar-refractivity contribution in [1.29, 1.82) is 0 Å². The van der Waals surface area contributed by atoms with Crippen LogP contribution in [0.3, 0.4) is 0 Å². The molecule has 11 heteroatoms. The van der Waals surface area contributed by atoms with Gasteiger partial charge in [0.2, 0.25) is 5.79 Å². The normalized spacial score (nSPS) is 23.7. The van der Waals surface area contributed by atoms with E-state index in [0.717, 1.165) is 47.6 Å². The van der Waals surface area contributed by atoms with Crippen molar-refractivity contribution < 1.29 is 43.2 Å². The third-order valence-electron chi connectivity index (χ3n) is 11.9. The van der Waals surface area contributed by atoms with Gasteiger partial charge >= 0.3 is 6.09 Å². The molecule has 2 N–H and O–H groups in total. The van der Waals surface area contributed by atoms with Gasteiger partial charge in [0.15, 0.2) is 0 Å². The first-order valence-electron chi connectivity index (χ1n) is 20.8. The van der Waals surface area contributed by atoms with E-state index < -0.39 is 23.8 Å². The zero-order valence-electron chi connectivity index (χ0n) is 33.9. The van der Waals surface area contributed by atoms with Crippen molar-refractivity contribution in [2.45, 2.75) is 76.2 Å². The Balaban J connectivity index is 1.43. The van der Waals surface area contributed by atoms with Gasteiger partial charge in [0.25, 0.3) is 0 Å². The Morgan fingerprint density at radius 2 is 1.69 bits per heavy atom. The minimum Gasteiger partial charge on any atom is -0.459 e. The maximum Gasteiger partial charge on any atom is 0.410 e. The molecule has 4 aromatic rings. The molecule has 0 unspecified atom stereocenters. The third kappa shape index (κ3) is 8.88. The zero-order valence-corrected chi connectivity index (χ0v) is 33.9. The van der Waals surface area contributed by atoms with Crippen molar-refractivity contribution in [3.63, 3.8) is 0 Å². The number of benzene rings is 4. The standard InChI is InChI=1S/C48H55FN2O8/c1-4-26-57-48-44(51(47(54)56-5-2)31-32-16-19-36(49)20-17-32)30-42(50-55-3)40-28-35(14-8-10-24-52)39(15-9-11-25-53)45(46(40)48)41-29-38(22-23-43(41)59-48)58-37-21-18-33-12-6-7-13-34(33)27-37/h4,6-7,12-13,16-23,27-29,35,39,44-46,52-53H,1,5,8-11,14-15,24-26,30-31H2,2-3H3/t35-,39+,44-,45+,46+,48+/m0/s1. The maximum absolute atomic E-state index is 14.3. The van der Waals surface area contributed by atoms with E-state index in [1.54, 1.807) is 30.0 Å². The molecule has 6 atom stereocenters. The predicted octanol–water partition coefficient (Wildman–Crippen LogP) is 9.69. The number of allylic oxidation sites excluding steroid dienone is 1. The van der Waals surface area contributed by atoms with Crippen LogP contribution in [0.15, 0.2) is 114 Å². The SMILES string of the molecule is C=CCO[C@@]12Oc3ccc(Oc4ccc5ccccc5c4)cc3[C@H]3[C@H](CCCCO)[C@@H](CCCCO)C=C(C(=NOC)C[C@@H]1N(Cc1ccc(F)cc1)C(=O)OCC)[C@H]32. The van der Waals surface area contributed by atoms with Crippen LogP contribution in [0.25, 0.3) is 10.8 Å². The summed E-state index contributed by atoms with van der Waals surface area (Å²) in [6, 6.07) is 25.3. The first kappa shape index (κ1) is 41.9. The van der Waals surface area contributed by atoms with Gasteiger partial charge in [-0.15, -0.1) is 6.58 Å². The smallest absolute Gasteiger partial charge is 0.410 e. The minimum absolute atomic E-state index is 0.0370. The molecule has 1 amide bonds. The second kappa shape index (κ2) is 19.2. The first-order chi connectivity index (χ1) is 28.8. The number of amides is 1. The summed E-state index contributed by atoms with van der Waals surface area (Å²) in [5.74, 6) is -0.530. The van der Waals surface area contributed by atoms with E-state index in [9.17, 15) is 19.4 Å². The van der Waals surface area contributed by atoms with Crippen LogP contribution in [0.5, 0.6) is 17.2 Å². The molecule has 7 rings (SSSR count). The summed E-state index contributed by atoms with van der Waals surface area (Å²) >= 11 is 0. The Labute approximate surface area is 345 Å². The number of fused-ring (bicyclic) bond motifs is 3. The highest BCUT2D eigenvalue weighted by Gasteiger charge is 2.65. The third-order valence-corrected chi connectivity index (χ3v) is 11.9. The largest absolute Gasteiger partial charge is 0.459 e. The molecule has 10 nitrogen and oxygen atoms in total. The Kier molecular flexibility index (Phi) is 13.7. The van der Waals surface area contributed by atoms with Crippen LogP contribution in [0, 0.1) is 23.6 Å². The molecule has 0 spiro atoms. The zero-order chi connectivity index (χ0) is 41.4. The average Bonchev–Trinajstić information content (AvgIpc) is 3.24. The number of hydrogen-bond acceptors (Lipinski definition) is 9. The number of hydrogen-bond donors (Lipinski definition) is 2. The summed E-state index contributed by atoms with van der Waals surface area (Å²) in [6.07, 6.45) is 8.14. The molecule has 3 aliphatic rings. The van der Waals surface area contributed by atoms with Gasteiger partial charge in [0, 0.05) is 37.7 Å². The van der Waals surface area contributed by atoms with Gasteiger partial charge in [0.05, 0.1) is 24.8 Å².